The average Bonchev–Trinajstić information content (AvgIpc) is 2.84. The summed E-state index contributed by atoms with van der Waals surface area (Å²) in [5, 5.41) is 6.56. The lowest BCUT2D eigenvalue weighted by Gasteiger charge is -2.06. The largest absolute Gasteiger partial charge is 0.326 e. The molecule has 0 aliphatic rings. The van der Waals surface area contributed by atoms with E-state index >= 15 is 0 Å². The van der Waals surface area contributed by atoms with Crippen LogP contribution in [0.3, 0.4) is 0 Å². The fourth-order valence-electron chi connectivity index (χ4n) is 1.36. The zero-order chi connectivity index (χ0) is 13.0. The lowest BCUT2D eigenvalue weighted by molar-refractivity contribution is -0.116. The van der Waals surface area contributed by atoms with E-state index < -0.39 is 0 Å². The van der Waals surface area contributed by atoms with Crippen molar-refractivity contribution in [2.24, 2.45) is 0 Å². The summed E-state index contributed by atoms with van der Waals surface area (Å²) in [7, 11) is 0. The van der Waals surface area contributed by atoms with Gasteiger partial charge in [-0.1, -0.05) is 0 Å². The predicted molar refractivity (Wildman–Crippen MR) is 67.4 cm³/mol. The number of nitrogens with one attached hydrogen (secondary N) is 1. The number of aryl methyl sites for hydroxylation is 1. The van der Waals surface area contributed by atoms with Gasteiger partial charge in [0.1, 0.15) is 18.5 Å². The molecule has 18 heavy (non-hydrogen) atoms. The first-order valence-electron chi connectivity index (χ1n) is 5.22. The Balaban J connectivity index is 1.88. The number of hydrogen-bond donors (Lipinski definition) is 1. The molecule has 0 radical (unpaired) electrons. The zero-order valence-electron chi connectivity index (χ0n) is 9.31. The van der Waals surface area contributed by atoms with Gasteiger partial charge in [0.15, 0.2) is 0 Å². The molecule has 0 bridgehead atoms. The van der Waals surface area contributed by atoms with Crippen LogP contribution in [0.5, 0.6) is 0 Å². The fourth-order valence-corrected chi connectivity index (χ4v) is 1.74. The summed E-state index contributed by atoms with van der Waals surface area (Å²) < 4.78 is 14.9. The molecule has 0 atom stereocenters. The maximum Gasteiger partial charge on any atom is 0.226 e. The van der Waals surface area contributed by atoms with Crippen molar-refractivity contribution >= 4 is 27.5 Å². The molecule has 7 heteroatoms. The van der Waals surface area contributed by atoms with Crippen molar-refractivity contribution in [3.63, 3.8) is 0 Å². The van der Waals surface area contributed by atoms with E-state index in [0.29, 0.717) is 16.7 Å². The molecule has 1 aromatic carbocycles. The highest BCUT2D eigenvalue weighted by atomic mass is 79.9. The second kappa shape index (κ2) is 5.72. The maximum atomic E-state index is 13.0. The second-order valence-corrected chi connectivity index (χ2v) is 4.44. The summed E-state index contributed by atoms with van der Waals surface area (Å²) in [6.45, 7) is 0.453. The highest BCUT2D eigenvalue weighted by Crippen LogP contribution is 2.20. The van der Waals surface area contributed by atoms with Gasteiger partial charge in [-0.05, 0) is 34.1 Å². The van der Waals surface area contributed by atoms with Crippen LogP contribution >= 0.6 is 15.9 Å². The van der Waals surface area contributed by atoms with Gasteiger partial charge in [0, 0.05) is 12.1 Å². The summed E-state index contributed by atoms with van der Waals surface area (Å²) in [4.78, 5) is 15.4. The number of halogens is 2. The van der Waals surface area contributed by atoms with Crippen LogP contribution in [0.4, 0.5) is 10.1 Å². The van der Waals surface area contributed by atoms with E-state index in [-0.39, 0.29) is 18.1 Å². The molecule has 0 aliphatic heterocycles. The van der Waals surface area contributed by atoms with Gasteiger partial charge in [-0.3, -0.25) is 9.48 Å². The molecule has 1 heterocycles. The molecule has 1 N–H and O–H groups in total. The first kappa shape index (κ1) is 12.7. The van der Waals surface area contributed by atoms with Crippen molar-refractivity contribution < 1.29 is 9.18 Å². The number of nitrogens with zero attached hydrogens (tertiary/aromatic N) is 3. The van der Waals surface area contributed by atoms with Crippen LogP contribution in [0.15, 0.2) is 35.3 Å². The van der Waals surface area contributed by atoms with Gasteiger partial charge < -0.3 is 5.32 Å². The quantitative estimate of drug-likeness (QED) is 0.941. The third kappa shape index (κ3) is 3.36. The molecule has 0 saturated carbocycles. The standard InChI is InChI=1S/C11H10BrFN4O/c12-9-5-8(1-2-10(9)13)16-11(18)3-4-17-7-14-6-15-17/h1-2,5-7H,3-4H2,(H,16,18). The van der Waals surface area contributed by atoms with Gasteiger partial charge in [-0.15, -0.1) is 0 Å². The minimum atomic E-state index is -0.365. The van der Waals surface area contributed by atoms with E-state index in [1.165, 1.54) is 24.5 Å². The van der Waals surface area contributed by atoms with Crippen LogP contribution in [0.25, 0.3) is 0 Å². The topological polar surface area (TPSA) is 59.8 Å². The van der Waals surface area contributed by atoms with E-state index in [1.54, 1.807) is 11.0 Å². The van der Waals surface area contributed by atoms with Gasteiger partial charge in [0.25, 0.3) is 0 Å². The summed E-state index contributed by atoms with van der Waals surface area (Å²) in [5.74, 6) is -0.528. The highest BCUT2D eigenvalue weighted by molar-refractivity contribution is 9.10. The molecule has 1 amide bonds. The van der Waals surface area contributed by atoms with Gasteiger partial charge in [0.05, 0.1) is 11.0 Å². The molecule has 2 rings (SSSR count). The van der Waals surface area contributed by atoms with Crippen LogP contribution in [0, 0.1) is 5.82 Å². The number of carbonyl (C=O) groups is 1. The molecule has 0 unspecified atom stereocenters. The fraction of sp³-hybridized carbons (Fsp3) is 0.182. The monoisotopic (exact) mass is 312 g/mol. The van der Waals surface area contributed by atoms with Crippen LogP contribution in [-0.2, 0) is 11.3 Å². The van der Waals surface area contributed by atoms with E-state index in [1.807, 2.05) is 0 Å². The van der Waals surface area contributed by atoms with Gasteiger partial charge in [-0.25, -0.2) is 9.37 Å². The van der Waals surface area contributed by atoms with Gasteiger partial charge >= 0.3 is 0 Å². The number of rotatable bonds is 4. The second-order valence-electron chi connectivity index (χ2n) is 3.59. The Morgan fingerprint density at radius 1 is 1.50 bits per heavy atom. The smallest absolute Gasteiger partial charge is 0.226 e. The van der Waals surface area contributed by atoms with Crippen LogP contribution in [-0.4, -0.2) is 20.7 Å². The van der Waals surface area contributed by atoms with Crippen molar-refractivity contribution in [2.75, 3.05) is 5.32 Å². The molecule has 5 nitrogen and oxygen atoms in total. The van der Waals surface area contributed by atoms with Crippen molar-refractivity contribution in [3.8, 4) is 0 Å². The normalized spacial score (nSPS) is 10.3. The Morgan fingerprint density at radius 2 is 2.33 bits per heavy atom. The summed E-state index contributed by atoms with van der Waals surface area (Å²) >= 11 is 3.06. The SMILES string of the molecule is O=C(CCn1cncn1)Nc1ccc(F)c(Br)c1. The number of carbonyl (C=O) groups excluding carboxylic acids is 1. The van der Waals surface area contributed by atoms with Crippen LogP contribution < -0.4 is 5.32 Å². The van der Waals surface area contributed by atoms with Crippen LogP contribution in [0.2, 0.25) is 0 Å². The first-order chi connectivity index (χ1) is 8.65. The van der Waals surface area contributed by atoms with E-state index in [2.05, 4.69) is 31.3 Å². The molecule has 0 fully saturated rings. The number of benzene rings is 1. The lowest BCUT2D eigenvalue weighted by Crippen LogP contribution is -2.14. The molecule has 0 spiro atoms. The molecular formula is C11H10BrFN4O. The molecule has 2 aromatic rings. The molecular weight excluding hydrogens is 303 g/mol. The molecule has 0 aliphatic carbocycles. The van der Waals surface area contributed by atoms with E-state index in [0.717, 1.165) is 0 Å². The molecule has 0 saturated heterocycles. The third-order valence-electron chi connectivity index (χ3n) is 2.24. The number of hydrogen-bond acceptors (Lipinski definition) is 3. The summed E-state index contributed by atoms with van der Waals surface area (Å²) in [5.41, 5.74) is 0.548. The van der Waals surface area contributed by atoms with Crippen molar-refractivity contribution in [2.45, 2.75) is 13.0 Å². The van der Waals surface area contributed by atoms with Gasteiger partial charge in [0.2, 0.25) is 5.91 Å². The number of aromatic nitrogens is 3. The minimum absolute atomic E-state index is 0.163. The average molecular weight is 313 g/mol. The summed E-state index contributed by atoms with van der Waals surface area (Å²) in [6.07, 6.45) is 3.23. The Kier molecular flexibility index (Phi) is 4.03. The van der Waals surface area contributed by atoms with Crippen molar-refractivity contribution in [1.82, 2.24) is 14.8 Å². The zero-order valence-corrected chi connectivity index (χ0v) is 10.9. The van der Waals surface area contributed by atoms with E-state index in [4.69, 9.17) is 0 Å². The Morgan fingerprint density at radius 3 is 3.00 bits per heavy atom. The maximum absolute atomic E-state index is 13.0. The minimum Gasteiger partial charge on any atom is -0.326 e. The van der Waals surface area contributed by atoms with Crippen molar-refractivity contribution in [1.29, 1.82) is 0 Å². The summed E-state index contributed by atoms with van der Waals surface area (Å²) in [6, 6.07) is 4.31. The van der Waals surface area contributed by atoms with Crippen LogP contribution in [0.1, 0.15) is 6.42 Å². The number of anilines is 1. The lowest BCUT2D eigenvalue weighted by atomic mass is 10.3. The molecule has 94 valence electrons. The van der Waals surface area contributed by atoms with E-state index in [9.17, 15) is 9.18 Å². The molecule has 1 aromatic heterocycles. The Labute approximate surface area is 111 Å². The third-order valence-corrected chi connectivity index (χ3v) is 2.85. The first-order valence-corrected chi connectivity index (χ1v) is 6.02. The number of amides is 1. The Bertz CT molecular complexity index is 544. The van der Waals surface area contributed by atoms with Crippen molar-refractivity contribution in [3.05, 3.63) is 41.1 Å². The van der Waals surface area contributed by atoms with Gasteiger partial charge in [-0.2, -0.15) is 5.10 Å². The highest BCUT2D eigenvalue weighted by Gasteiger charge is 2.05. The predicted octanol–water partition coefficient (Wildman–Crippen LogP) is 2.21. The Hall–Kier alpha value is -1.76.